The molecule has 1 heterocycles. The van der Waals surface area contributed by atoms with Crippen molar-refractivity contribution in [1.29, 1.82) is 0 Å². The first-order chi connectivity index (χ1) is 10.1. The number of aliphatic hydroxyl groups excluding tert-OH is 1. The number of fused-ring (bicyclic) bond motifs is 1. The van der Waals surface area contributed by atoms with Crippen LogP contribution >= 0.6 is 23.2 Å². The van der Waals surface area contributed by atoms with Crippen molar-refractivity contribution in [3.8, 4) is 0 Å². The van der Waals surface area contributed by atoms with Gasteiger partial charge in [0.15, 0.2) is 0 Å². The van der Waals surface area contributed by atoms with E-state index >= 15 is 0 Å². The van der Waals surface area contributed by atoms with Gasteiger partial charge in [-0.15, -0.1) is 0 Å². The lowest BCUT2D eigenvalue weighted by molar-refractivity contribution is -0.123. The monoisotopic (exact) mass is 325 g/mol. The van der Waals surface area contributed by atoms with Gasteiger partial charge in [0, 0.05) is 22.6 Å². The Morgan fingerprint density at radius 3 is 2.67 bits per heavy atom. The zero-order valence-corrected chi connectivity index (χ0v) is 12.2. The fourth-order valence-corrected chi connectivity index (χ4v) is 2.53. The normalized spacial score (nSPS) is 17.6. The molecule has 2 aromatic carbocycles. The molecule has 0 saturated heterocycles. The SMILES string of the molecule is O=[13C]1Nc2ccc(Cl)cc2C(c2ccccc2Cl)=[15N][13CH]1O.[HH]. The first kappa shape index (κ1) is 14.1. The maximum atomic E-state index is 11.8. The molecule has 1 aliphatic heterocycles. The van der Waals surface area contributed by atoms with Crippen LogP contribution in [0.5, 0.6) is 0 Å². The van der Waals surface area contributed by atoms with Gasteiger partial charge in [-0.05, 0) is 24.3 Å². The van der Waals surface area contributed by atoms with E-state index in [-0.39, 0.29) is 1.43 Å². The Labute approximate surface area is 132 Å². The molecule has 1 amide bonds. The quantitative estimate of drug-likeness (QED) is 0.624. The van der Waals surface area contributed by atoms with E-state index in [1.807, 2.05) is 0 Å². The van der Waals surface area contributed by atoms with Gasteiger partial charge in [0.25, 0.3) is 5.91 Å². The lowest BCUT2D eigenvalue weighted by Gasteiger charge is -2.11. The number of hydrogen-bond acceptors (Lipinski definition) is 3. The maximum absolute atomic E-state index is 11.8. The van der Waals surface area contributed by atoms with Crippen LogP contribution in [0.2, 0.25) is 10.0 Å². The molecule has 1 unspecified atom stereocenters. The largest absolute Gasteiger partial charge is 0.364 e. The molecule has 4 nitrogen and oxygen atoms in total. The molecule has 108 valence electrons. The number of hydrogen-bond donors (Lipinski definition) is 2. The fourth-order valence-electron chi connectivity index (χ4n) is 2.14. The molecule has 3 rings (SSSR count). The first-order valence-corrected chi connectivity index (χ1v) is 6.93. The van der Waals surface area contributed by atoms with Crippen LogP contribution in [-0.2, 0) is 4.79 Å². The second kappa shape index (κ2) is 5.48. The molecule has 2 aromatic rings. The molecule has 0 saturated carbocycles. The maximum Gasteiger partial charge on any atom is 0.276 e. The summed E-state index contributed by atoms with van der Waals surface area (Å²) in [5.41, 5.74) is 2.18. The van der Waals surface area contributed by atoms with Gasteiger partial charge in [0.05, 0.1) is 11.4 Å². The van der Waals surface area contributed by atoms with Crippen LogP contribution < -0.4 is 5.32 Å². The number of nitrogens with zero attached hydrogens (tertiary/aromatic N) is 1. The van der Waals surface area contributed by atoms with E-state index in [9.17, 15) is 9.90 Å². The Morgan fingerprint density at radius 1 is 1.14 bits per heavy atom. The first-order valence-electron chi connectivity index (χ1n) is 6.18. The minimum atomic E-state index is -1.50. The van der Waals surface area contributed by atoms with Gasteiger partial charge in [0.1, 0.15) is 0 Å². The second-order valence-corrected chi connectivity index (χ2v) is 5.35. The van der Waals surface area contributed by atoms with E-state index in [0.29, 0.717) is 32.6 Å². The van der Waals surface area contributed by atoms with Gasteiger partial charge < -0.3 is 10.4 Å². The minimum absolute atomic E-state index is 0. The smallest absolute Gasteiger partial charge is 0.276 e. The van der Waals surface area contributed by atoms with Crippen molar-refractivity contribution in [2.45, 2.75) is 6.23 Å². The van der Waals surface area contributed by atoms with E-state index < -0.39 is 12.1 Å². The number of carbonyl (C=O) groups excluding carboxylic acids is 1. The zero-order valence-electron chi connectivity index (χ0n) is 10.7. The zero-order chi connectivity index (χ0) is 15.0. The van der Waals surface area contributed by atoms with Crippen LogP contribution in [-0.4, -0.2) is 23.0 Å². The lowest BCUT2D eigenvalue weighted by atomic mass is 10.0. The standard InChI is InChI=1S/C15H10Cl2N2O2.H2/c16-8-5-6-12-10(7-8)13(19-15(21)14(20)18-12)9-3-1-2-4-11(9)17;/h1-7,15,21H,(H,18,20);1H/i14+1,15+1,19+1;. The molecule has 0 aliphatic carbocycles. The number of benzene rings is 2. The average Bonchev–Trinajstić information content (AvgIpc) is 2.58. The van der Waals surface area contributed by atoms with E-state index in [1.165, 1.54) is 0 Å². The van der Waals surface area contributed by atoms with Crippen LogP contribution in [0.1, 0.15) is 12.6 Å². The third-order valence-corrected chi connectivity index (χ3v) is 3.67. The summed E-state index contributed by atoms with van der Waals surface area (Å²) in [6.45, 7) is 0. The summed E-state index contributed by atoms with van der Waals surface area (Å²) in [5, 5.41) is 13.4. The van der Waals surface area contributed by atoms with Crippen LogP contribution in [0, 0.1) is 0 Å². The Bertz CT molecular complexity index is 765. The van der Waals surface area contributed by atoms with E-state index in [4.69, 9.17) is 23.2 Å². The second-order valence-electron chi connectivity index (χ2n) is 4.51. The lowest BCUT2D eigenvalue weighted by Crippen LogP contribution is -2.24. The molecule has 0 bridgehead atoms. The number of carbonyl (C=O) groups is 1. The van der Waals surface area contributed by atoms with E-state index in [1.54, 1.807) is 42.5 Å². The van der Waals surface area contributed by atoms with Crippen molar-refractivity contribution in [3.05, 3.63) is 63.6 Å². The van der Waals surface area contributed by atoms with Crippen LogP contribution in [0.3, 0.4) is 0 Å². The van der Waals surface area contributed by atoms with Gasteiger partial charge in [-0.2, -0.15) is 0 Å². The van der Waals surface area contributed by atoms with Crippen LogP contribution in [0.25, 0.3) is 0 Å². The number of anilines is 1. The summed E-state index contributed by atoms with van der Waals surface area (Å²) in [4.78, 5) is 15.9. The molecule has 0 radical (unpaired) electrons. The summed E-state index contributed by atoms with van der Waals surface area (Å²) in [6, 6.07) is 12.1. The van der Waals surface area contributed by atoms with Gasteiger partial charge in [-0.3, -0.25) is 4.79 Å². The van der Waals surface area contributed by atoms with Crippen molar-refractivity contribution in [2.75, 3.05) is 5.32 Å². The average molecular weight is 326 g/mol. The number of halogens is 2. The Kier molecular flexibility index (Phi) is 3.68. The number of benzodiazepines with no additional fused rings is 1. The molecule has 0 spiro atoms. The van der Waals surface area contributed by atoms with Crippen LogP contribution in [0.15, 0.2) is 47.5 Å². The molecule has 2 N–H and O–H groups in total. The molecule has 6 heteroatoms. The predicted molar refractivity (Wildman–Crippen MR) is 85.3 cm³/mol. The number of aliphatic hydroxyl groups is 1. The molecule has 0 aromatic heterocycles. The predicted octanol–water partition coefficient (Wildman–Crippen LogP) is 3.35. The van der Waals surface area contributed by atoms with Gasteiger partial charge >= 0.3 is 0 Å². The molecule has 21 heavy (non-hydrogen) atoms. The number of aliphatic imine (C=N–C) groups is 1. The molecule has 1 aliphatic rings. The summed E-state index contributed by atoms with van der Waals surface area (Å²) in [6.07, 6.45) is -1.50. The summed E-state index contributed by atoms with van der Waals surface area (Å²) in [5.74, 6) is -0.597. The number of amides is 1. The highest BCUT2D eigenvalue weighted by molar-refractivity contribution is 6.36. The van der Waals surface area contributed by atoms with Gasteiger partial charge in [-0.25, -0.2) is 4.99 Å². The topological polar surface area (TPSA) is 61.7 Å². The molecular weight excluding hydrogens is 314 g/mol. The Hall–Kier alpha value is -1.88. The highest BCUT2D eigenvalue weighted by Gasteiger charge is 2.25. The van der Waals surface area contributed by atoms with Crippen molar-refractivity contribution in [1.82, 2.24) is 0 Å². The van der Waals surface area contributed by atoms with Gasteiger partial charge in [-0.1, -0.05) is 41.4 Å². The molecule has 1 atom stereocenters. The summed E-state index contributed by atoms with van der Waals surface area (Å²) < 4.78 is 0. The van der Waals surface area contributed by atoms with E-state index in [2.05, 4.69) is 10.3 Å². The van der Waals surface area contributed by atoms with E-state index in [0.717, 1.165) is 0 Å². The van der Waals surface area contributed by atoms with Crippen molar-refractivity contribution >= 4 is 40.5 Å². The minimum Gasteiger partial charge on any atom is -0.364 e. The Morgan fingerprint density at radius 2 is 1.90 bits per heavy atom. The molecule has 0 fully saturated rings. The van der Waals surface area contributed by atoms with Crippen LogP contribution in [0.4, 0.5) is 5.69 Å². The third-order valence-electron chi connectivity index (χ3n) is 3.11. The van der Waals surface area contributed by atoms with Crippen molar-refractivity contribution in [2.24, 2.45) is 4.99 Å². The molecular formula is C15H12Cl2N2O2. The summed E-state index contributed by atoms with van der Waals surface area (Å²) in [7, 11) is 0. The summed E-state index contributed by atoms with van der Waals surface area (Å²) >= 11 is 12.2. The number of rotatable bonds is 1. The van der Waals surface area contributed by atoms with Crippen molar-refractivity contribution in [3.63, 3.8) is 0 Å². The van der Waals surface area contributed by atoms with Crippen molar-refractivity contribution < 1.29 is 11.3 Å². The van der Waals surface area contributed by atoms with Gasteiger partial charge in [0.2, 0.25) is 6.23 Å². The fraction of sp³-hybridized carbons (Fsp3) is 0.0667. The Balaban J connectivity index is 0.00000176. The number of nitrogens with one attached hydrogen (secondary N) is 1. The third kappa shape index (κ3) is 2.65. The highest BCUT2D eigenvalue weighted by Crippen LogP contribution is 2.29. The highest BCUT2D eigenvalue weighted by atomic mass is 35.5.